The van der Waals surface area contributed by atoms with Crippen molar-refractivity contribution in [2.24, 2.45) is 0 Å². The van der Waals surface area contributed by atoms with Crippen molar-refractivity contribution in [3.63, 3.8) is 0 Å². The van der Waals surface area contributed by atoms with Crippen LogP contribution in [0.3, 0.4) is 0 Å². The van der Waals surface area contributed by atoms with Crippen LogP contribution < -0.4 is 10.1 Å². The molecule has 9 nitrogen and oxygen atoms in total. The summed E-state index contributed by atoms with van der Waals surface area (Å²) < 4.78 is 38.6. The maximum atomic E-state index is 13.6. The highest BCUT2D eigenvalue weighted by Gasteiger charge is 2.35. The Kier molecular flexibility index (Phi) is 9.94. The number of methoxy groups -OCH3 is 1. The molecule has 0 aliphatic heterocycles. The fourth-order valence-corrected chi connectivity index (χ4v) is 5.41. The number of carbonyl (C=O) groups is 1. The van der Waals surface area contributed by atoms with Crippen molar-refractivity contribution in [1.29, 1.82) is 0 Å². The predicted molar refractivity (Wildman–Crippen MR) is 140 cm³/mol. The summed E-state index contributed by atoms with van der Waals surface area (Å²) in [6.45, 7) is 4.85. The number of ether oxygens (including phenoxy) is 2. The fraction of sp³-hybridized carbons (Fsp3) is 0.519. The lowest BCUT2D eigenvalue weighted by atomic mass is 10.0. The number of alkyl carbamates (subject to hydrolysis) is 1. The molecule has 0 saturated heterocycles. The number of aliphatic hydroxyl groups excluding tert-OH is 1. The van der Waals surface area contributed by atoms with Crippen LogP contribution in [0.2, 0.25) is 0 Å². The molecule has 3 rings (SSSR count). The van der Waals surface area contributed by atoms with E-state index in [0.29, 0.717) is 5.75 Å². The number of aliphatic hydroxyl groups is 1. The maximum Gasteiger partial charge on any atom is 0.407 e. The second kappa shape index (κ2) is 12.7. The summed E-state index contributed by atoms with van der Waals surface area (Å²) in [6.07, 6.45) is 1.35. The molecule has 2 aromatic carbocycles. The van der Waals surface area contributed by atoms with Crippen molar-refractivity contribution >= 4 is 16.1 Å². The zero-order valence-electron chi connectivity index (χ0n) is 21.9. The van der Waals surface area contributed by atoms with Gasteiger partial charge < -0.3 is 19.9 Å². The van der Waals surface area contributed by atoms with E-state index < -0.39 is 33.9 Å². The number of rotatable bonds is 11. The summed E-state index contributed by atoms with van der Waals surface area (Å²) in [6, 6.07) is 14.5. The van der Waals surface area contributed by atoms with Crippen molar-refractivity contribution in [3.8, 4) is 5.75 Å². The predicted octanol–water partition coefficient (Wildman–Crippen LogP) is 4.06. The molecule has 1 aliphatic carbocycles. The molecule has 1 unspecified atom stereocenters. The van der Waals surface area contributed by atoms with Gasteiger partial charge in [0.05, 0.1) is 36.8 Å². The van der Waals surface area contributed by atoms with Crippen LogP contribution in [0.1, 0.15) is 52.0 Å². The summed E-state index contributed by atoms with van der Waals surface area (Å²) in [5.74, 6) is 0.520. The molecule has 2 aromatic rings. The molecule has 2 N–H and O–H groups in total. The van der Waals surface area contributed by atoms with Crippen molar-refractivity contribution in [2.75, 3.05) is 13.7 Å². The van der Waals surface area contributed by atoms with Crippen molar-refractivity contribution < 1.29 is 32.6 Å². The molecule has 0 radical (unpaired) electrons. The third-order valence-corrected chi connectivity index (χ3v) is 7.63. The Labute approximate surface area is 219 Å². The van der Waals surface area contributed by atoms with Crippen molar-refractivity contribution in [1.82, 2.24) is 9.79 Å². The van der Waals surface area contributed by atoms with Gasteiger partial charge in [-0.1, -0.05) is 47.6 Å². The Hall–Kier alpha value is -2.66. The van der Waals surface area contributed by atoms with E-state index in [4.69, 9.17) is 14.3 Å². The van der Waals surface area contributed by atoms with Crippen LogP contribution in [0.15, 0.2) is 59.5 Å². The molecule has 204 valence electrons. The molecule has 0 spiro atoms. The molecule has 1 aliphatic rings. The second-order valence-electron chi connectivity index (χ2n) is 10.2. The average Bonchev–Trinajstić information content (AvgIpc) is 3.36. The summed E-state index contributed by atoms with van der Waals surface area (Å²) in [5, 5.41) is 14.0. The molecule has 1 saturated carbocycles. The van der Waals surface area contributed by atoms with Crippen molar-refractivity contribution in [2.45, 2.75) is 81.6 Å². The van der Waals surface area contributed by atoms with Gasteiger partial charge in [-0.3, -0.25) is 4.84 Å². The number of hydrogen-bond donors (Lipinski definition) is 2. The number of carbonyl (C=O) groups excluding carboxylic acids is 1. The minimum absolute atomic E-state index is 0.0122. The Morgan fingerprint density at radius 2 is 1.70 bits per heavy atom. The highest BCUT2D eigenvalue weighted by Crippen LogP contribution is 2.27. The Bertz CT molecular complexity index is 1100. The van der Waals surface area contributed by atoms with Gasteiger partial charge in [0.2, 0.25) is 0 Å². The monoisotopic (exact) mass is 534 g/mol. The highest BCUT2D eigenvalue weighted by atomic mass is 32.2. The van der Waals surface area contributed by atoms with Crippen LogP contribution in [-0.4, -0.2) is 61.6 Å². The first kappa shape index (κ1) is 28.9. The fourth-order valence-electron chi connectivity index (χ4n) is 4.11. The first-order valence-corrected chi connectivity index (χ1v) is 14.0. The van der Waals surface area contributed by atoms with Gasteiger partial charge in [0.15, 0.2) is 0 Å². The van der Waals surface area contributed by atoms with Crippen LogP contribution in [0.5, 0.6) is 5.75 Å². The van der Waals surface area contributed by atoms with Gasteiger partial charge in [0.1, 0.15) is 11.4 Å². The topological polar surface area (TPSA) is 114 Å². The van der Waals surface area contributed by atoms with E-state index in [-0.39, 0.29) is 24.0 Å². The molecular weight excluding hydrogens is 496 g/mol. The van der Waals surface area contributed by atoms with E-state index in [1.807, 2.05) is 30.3 Å². The molecule has 37 heavy (non-hydrogen) atoms. The quantitative estimate of drug-likeness (QED) is 0.418. The van der Waals surface area contributed by atoms with E-state index in [0.717, 1.165) is 35.7 Å². The smallest absolute Gasteiger partial charge is 0.407 e. The average molecular weight is 535 g/mol. The van der Waals surface area contributed by atoms with Crippen LogP contribution in [0.25, 0.3) is 0 Å². The Balaban J connectivity index is 1.86. The number of nitrogens with one attached hydrogen (secondary N) is 1. The summed E-state index contributed by atoms with van der Waals surface area (Å²) in [5.41, 5.74) is 0.130. The van der Waals surface area contributed by atoms with Crippen LogP contribution >= 0.6 is 0 Å². The van der Waals surface area contributed by atoms with E-state index in [2.05, 4.69) is 5.32 Å². The lowest BCUT2D eigenvalue weighted by Crippen LogP contribution is -2.51. The van der Waals surface area contributed by atoms with Gasteiger partial charge in [-0.2, -0.15) is 0 Å². The molecule has 0 heterocycles. The Morgan fingerprint density at radius 3 is 2.27 bits per heavy atom. The minimum Gasteiger partial charge on any atom is -0.497 e. The van der Waals surface area contributed by atoms with Gasteiger partial charge in [0.25, 0.3) is 10.0 Å². The summed E-state index contributed by atoms with van der Waals surface area (Å²) in [7, 11) is -2.62. The largest absolute Gasteiger partial charge is 0.497 e. The number of hydrogen-bond acceptors (Lipinski definition) is 7. The molecule has 1 amide bonds. The number of sulfonamides is 1. The zero-order chi connectivity index (χ0) is 27.1. The Morgan fingerprint density at radius 1 is 1.08 bits per heavy atom. The maximum absolute atomic E-state index is 13.6. The van der Waals surface area contributed by atoms with Crippen molar-refractivity contribution in [3.05, 3.63) is 60.2 Å². The number of amides is 1. The van der Waals surface area contributed by atoms with Gasteiger partial charge in [-0.15, -0.1) is 0 Å². The highest BCUT2D eigenvalue weighted by molar-refractivity contribution is 7.89. The third-order valence-electron chi connectivity index (χ3n) is 6.00. The van der Waals surface area contributed by atoms with Gasteiger partial charge in [0, 0.05) is 0 Å². The zero-order valence-corrected chi connectivity index (χ0v) is 22.7. The van der Waals surface area contributed by atoms with Gasteiger partial charge in [-0.05, 0) is 69.9 Å². The molecular formula is C27H38N2O7S. The molecule has 10 heteroatoms. The van der Waals surface area contributed by atoms with E-state index >= 15 is 0 Å². The number of benzene rings is 2. The standard InChI is InChI=1S/C27H38N2O7S/c1-27(2,3)35-26(31)28-24(18-20-10-6-5-7-11-20)25(30)19-29(36-22-12-8-9-13-22)37(32,33)23-16-14-21(34-4)15-17-23/h5-7,10-11,14-17,22,24-25,30H,8-9,12-13,18-19H2,1-4H3,(H,28,31)/t24?,25-/m1/s1. The van der Waals surface area contributed by atoms with E-state index in [1.165, 1.54) is 19.2 Å². The second-order valence-corrected chi connectivity index (χ2v) is 12.0. The number of hydroxylamine groups is 1. The van der Waals surface area contributed by atoms with E-state index in [9.17, 15) is 18.3 Å². The normalized spacial score (nSPS) is 16.4. The number of nitrogens with zero attached hydrogens (tertiary/aromatic N) is 1. The first-order valence-electron chi connectivity index (χ1n) is 12.5. The first-order chi connectivity index (χ1) is 17.5. The molecule has 2 atom stereocenters. The lowest BCUT2D eigenvalue weighted by Gasteiger charge is -2.31. The van der Waals surface area contributed by atoms with Gasteiger partial charge >= 0.3 is 6.09 Å². The molecule has 1 fully saturated rings. The van der Waals surface area contributed by atoms with Crippen LogP contribution in [0.4, 0.5) is 4.79 Å². The minimum atomic E-state index is -4.12. The van der Waals surface area contributed by atoms with Crippen LogP contribution in [-0.2, 0) is 26.0 Å². The summed E-state index contributed by atoms with van der Waals surface area (Å²) >= 11 is 0. The molecule has 0 bridgehead atoms. The van der Waals surface area contributed by atoms with Gasteiger partial charge in [-0.25, -0.2) is 13.2 Å². The lowest BCUT2D eigenvalue weighted by molar-refractivity contribution is -0.145. The SMILES string of the molecule is COc1ccc(S(=O)(=O)N(C[C@@H](O)C(Cc2ccccc2)NC(=O)OC(C)(C)C)OC2CCCC2)cc1. The third kappa shape index (κ3) is 8.70. The van der Waals surface area contributed by atoms with E-state index in [1.54, 1.807) is 32.9 Å². The summed E-state index contributed by atoms with van der Waals surface area (Å²) in [4.78, 5) is 18.6. The molecule has 0 aromatic heterocycles. The van der Waals surface area contributed by atoms with Crippen LogP contribution in [0, 0.1) is 0 Å².